The van der Waals surface area contributed by atoms with Gasteiger partial charge in [0.2, 0.25) is 0 Å². The molecule has 20 heavy (non-hydrogen) atoms. The number of halogens is 3. The Morgan fingerprint density at radius 3 is 2.80 bits per heavy atom. The molecule has 1 aromatic heterocycles. The van der Waals surface area contributed by atoms with Crippen LogP contribution >= 0.6 is 11.6 Å². The average Bonchev–Trinajstić information content (AvgIpc) is 2.46. The minimum Gasteiger partial charge on any atom is -0.486 e. The predicted octanol–water partition coefficient (Wildman–Crippen LogP) is 4.29. The van der Waals surface area contributed by atoms with Crippen LogP contribution in [0.3, 0.4) is 0 Å². The first kappa shape index (κ1) is 14.5. The number of benzene rings is 1. The maximum atomic E-state index is 13.0. The Hall–Kier alpha value is -1.88. The SMILES string of the molecule is CNc1cccc(C(F)F)c1COc1cnccc1Cl. The number of hydrogen-bond donors (Lipinski definition) is 1. The Morgan fingerprint density at radius 2 is 2.15 bits per heavy atom. The number of pyridine rings is 1. The fraction of sp³-hybridized carbons (Fsp3) is 0.214. The molecule has 0 aliphatic carbocycles. The molecule has 0 spiro atoms. The van der Waals surface area contributed by atoms with Crippen LogP contribution in [0.25, 0.3) is 0 Å². The molecule has 0 saturated heterocycles. The molecule has 1 heterocycles. The molecule has 106 valence electrons. The molecule has 0 unspecified atom stereocenters. The fourth-order valence-electron chi connectivity index (χ4n) is 1.82. The van der Waals surface area contributed by atoms with Crippen molar-refractivity contribution in [1.29, 1.82) is 0 Å². The molecule has 2 rings (SSSR count). The van der Waals surface area contributed by atoms with Gasteiger partial charge < -0.3 is 10.1 Å². The summed E-state index contributed by atoms with van der Waals surface area (Å²) in [4.78, 5) is 3.88. The van der Waals surface area contributed by atoms with Crippen molar-refractivity contribution in [2.24, 2.45) is 0 Å². The highest BCUT2D eigenvalue weighted by atomic mass is 35.5. The summed E-state index contributed by atoms with van der Waals surface area (Å²) >= 11 is 5.94. The van der Waals surface area contributed by atoms with Gasteiger partial charge in [0.15, 0.2) is 5.75 Å². The highest BCUT2D eigenvalue weighted by Crippen LogP contribution is 2.30. The summed E-state index contributed by atoms with van der Waals surface area (Å²) in [5.41, 5.74) is 0.949. The van der Waals surface area contributed by atoms with E-state index in [-0.39, 0.29) is 12.2 Å². The third-order valence-corrected chi connectivity index (χ3v) is 3.14. The van der Waals surface area contributed by atoms with Gasteiger partial charge in [-0.3, -0.25) is 4.98 Å². The van der Waals surface area contributed by atoms with E-state index >= 15 is 0 Å². The average molecular weight is 299 g/mol. The molecule has 0 bridgehead atoms. The number of nitrogens with one attached hydrogen (secondary N) is 1. The Balaban J connectivity index is 2.26. The van der Waals surface area contributed by atoms with Crippen LogP contribution in [0.4, 0.5) is 14.5 Å². The van der Waals surface area contributed by atoms with Gasteiger partial charge in [0.05, 0.1) is 11.2 Å². The van der Waals surface area contributed by atoms with E-state index in [1.807, 2.05) is 0 Å². The fourth-order valence-corrected chi connectivity index (χ4v) is 1.98. The Bertz CT molecular complexity index is 593. The first-order chi connectivity index (χ1) is 9.63. The first-order valence-electron chi connectivity index (χ1n) is 5.93. The molecule has 6 heteroatoms. The van der Waals surface area contributed by atoms with E-state index in [4.69, 9.17) is 16.3 Å². The molecular formula is C14H13ClF2N2O. The van der Waals surface area contributed by atoms with E-state index < -0.39 is 6.43 Å². The van der Waals surface area contributed by atoms with Crippen molar-refractivity contribution < 1.29 is 13.5 Å². The van der Waals surface area contributed by atoms with Gasteiger partial charge in [-0.1, -0.05) is 23.7 Å². The Morgan fingerprint density at radius 1 is 1.35 bits per heavy atom. The lowest BCUT2D eigenvalue weighted by Gasteiger charge is -2.15. The van der Waals surface area contributed by atoms with Gasteiger partial charge in [0.1, 0.15) is 6.61 Å². The summed E-state index contributed by atoms with van der Waals surface area (Å²) in [6.45, 7) is -0.0118. The van der Waals surface area contributed by atoms with Gasteiger partial charge in [-0.15, -0.1) is 0 Å². The zero-order valence-corrected chi connectivity index (χ0v) is 11.5. The topological polar surface area (TPSA) is 34.1 Å². The second kappa shape index (κ2) is 6.52. The van der Waals surface area contributed by atoms with Crippen LogP contribution in [-0.4, -0.2) is 12.0 Å². The summed E-state index contributed by atoms with van der Waals surface area (Å²) < 4.78 is 31.5. The zero-order chi connectivity index (χ0) is 14.5. The molecule has 3 nitrogen and oxygen atoms in total. The molecule has 0 saturated carbocycles. The maximum absolute atomic E-state index is 13.0. The maximum Gasteiger partial charge on any atom is 0.264 e. The van der Waals surface area contributed by atoms with E-state index in [0.29, 0.717) is 22.0 Å². The van der Waals surface area contributed by atoms with Gasteiger partial charge in [-0.25, -0.2) is 8.78 Å². The number of anilines is 1. The molecule has 0 aliphatic heterocycles. The van der Waals surface area contributed by atoms with Crippen molar-refractivity contribution in [2.75, 3.05) is 12.4 Å². The number of hydrogen-bond acceptors (Lipinski definition) is 3. The largest absolute Gasteiger partial charge is 0.486 e. The van der Waals surface area contributed by atoms with E-state index in [0.717, 1.165) is 0 Å². The third-order valence-electron chi connectivity index (χ3n) is 2.82. The summed E-state index contributed by atoms with van der Waals surface area (Å²) in [5.74, 6) is 0.361. The highest BCUT2D eigenvalue weighted by molar-refractivity contribution is 6.31. The van der Waals surface area contributed by atoms with E-state index in [1.165, 1.54) is 18.5 Å². The van der Waals surface area contributed by atoms with Crippen LogP contribution < -0.4 is 10.1 Å². The minimum absolute atomic E-state index is 0.0118. The molecule has 0 fully saturated rings. The lowest BCUT2D eigenvalue weighted by atomic mass is 10.1. The van der Waals surface area contributed by atoms with Crippen molar-refractivity contribution in [2.45, 2.75) is 13.0 Å². The molecule has 2 aromatic rings. The minimum atomic E-state index is -2.56. The highest BCUT2D eigenvalue weighted by Gasteiger charge is 2.16. The number of ether oxygens (including phenoxy) is 1. The third kappa shape index (κ3) is 3.17. The summed E-state index contributed by atoms with van der Waals surface area (Å²) in [7, 11) is 1.67. The number of aromatic nitrogens is 1. The van der Waals surface area contributed by atoms with Crippen LogP contribution in [0.2, 0.25) is 5.02 Å². The standard InChI is InChI=1S/C14H13ClF2N2O/c1-18-12-4-2-3-9(14(16)17)10(12)8-20-13-7-19-6-5-11(13)15/h2-7,14,18H,8H2,1H3. The number of rotatable bonds is 5. The number of alkyl halides is 2. The zero-order valence-electron chi connectivity index (χ0n) is 10.7. The van der Waals surface area contributed by atoms with Crippen LogP contribution in [0.1, 0.15) is 17.6 Å². The van der Waals surface area contributed by atoms with Crippen LogP contribution in [0.5, 0.6) is 5.75 Å². The van der Waals surface area contributed by atoms with Gasteiger partial charge >= 0.3 is 0 Å². The summed E-state index contributed by atoms with van der Waals surface area (Å²) in [6, 6.07) is 6.26. The quantitative estimate of drug-likeness (QED) is 0.894. The normalized spacial score (nSPS) is 10.7. The molecule has 0 radical (unpaired) electrons. The molecule has 0 amide bonds. The molecule has 1 aromatic carbocycles. The predicted molar refractivity (Wildman–Crippen MR) is 74.5 cm³/mol. The van der Waals surface area contributed by atoms with Crippen LogP contribution in [0.15, 0.2) is 36.7 Å². The van der Waals surface area contributed by atoms with Gasteiger partial charge in [-0.05, 0) is 12.1 Å². The van der Waals surface area contributed by atoms with E-state index in [9.17, 15) is 8.78 Å². The van der Waals surface area contributed by atoms with E-state index in [1.54, 1.807) is 25.2 Å². The van der Waals surface area contributed by atoms with E-state index in [2.05, 4.69) is 10.3 Å². The van der Waals surface area contributed by atoms with Crippen molar-refractivity contribution in [3.05, 3.63) is 52.8 Å². The van der Waals surface area contributed by atoms with Crippen molar-refractivity contribution in [1.82, 2.24) is 4.98 Å². The van der Waals surface area contributed by atoms with Crippen LogP contribution in [0, 0.1) is 0 Å². The summed E-state index contributed by atoms with van der Waals surface area (Å²) in [6.07, 6.45) is 0.416. The summed E-state index contributed by atoms with van der Waals surface area (Å²) in [5, 5.41) is 3.27. The first-order valence-corrected chi connectivity index (χ1v) is 6.31. The monoisotopic (exact) mass is 298 g/mol. The Labute approximate surface area is 120 Å². The second-order valence-corrected chi connectivity index (χ2v) is 4.43. The van der Waals surface area contributed by atoms with Crippen molar-refractivity contribution in [3.63, 3.8) is 0 Å². The molecule has 0 atom stereocenters. The second-order valence-electron chi connectivity index (χ2n) is 4.02. The number of nitrogens with zero attached hydrogens (tertiary/aromatic N) is 1. The van der Waals surface area contributed by atoms with Gasteiger partial charge in [0, 0.05) is 30.1 Å². The lowest BCUT2D eigenvalue weighted by molar-refractivity contribution is 0.148. The van der Waals surface area contributed by atoms with Crippen molar-refractivity contribution >= 4 is 17.3 Å². The van der Waals surface area contributed by atoms with Crippen molar-refractivity contribution in [3.8, 4) is 5.75 Å². The lowest BCUT2D eigenvalue weighted by Crippen LogP contribution is -2.05. The Kier molecular flexibility index (Phi) is 4.74. The molecule has 1 N–H and O–H groups in total. The van der Waals surface area contributed by atoms with Gasteiger partial charge in [-0.2, -0.15) is 0 Å². The smallest absolute Gasteiger partial charge is 0.264 e. The molecule has 0 aliphatic rings. The molecular weight excluding hydrogens is 286 g/mol. The van der Waals surface area contributed by atoms with Crippen LogP contribution in [-0.2, 0) is 6.61 Å². The van der Waals surface area contributed by atoms with Gasteiger partial charge in [0.25, 0.3) is 6.43 Å².